The summed E-state index contributed by atoms with van der Waals surface area (Å²) in [6.45, 7) is 1.97. The first kappa shape index (κ1) is 20.6. The van der Waals surface area contributed by atoms with Gasteiger partial charge in [0.15, 0.2) is 5.82 Å². The van der Waals surface area contributed by atoms with Crippen molar-refractivity contribution in [2.45, 2.75) is 19.5 Å². The van der Waals surface area contributed by atoms with Crippen molar-refractivity contribution >= 4 is 40.6 Å². The van der Waals surface area contributed by atoms with Crippen LogP contribution in [0.2, 0.25) is 10.0 Å². The Hall–Kier alpha value is -3.11. The highest BCUT2D eigenvalue weighted by atomic mass is 35.5. The van der Waals surface area contributed by atoms with E-state index < -0.39 is 16.9 Å². The van der Waals surface area contributed by atoms with E-state index in [4.69, 9.17) is 27.9 Å². The zero-order chi connectivity index (χ0) is 21.1. The summed E-state index contributed by atoms with van der Waals surface area (Å²) in [7, 11) is 1.26. The van der Waals surface area contributed by atoms with Crippen molar-refractivity contribution in [1.82, 2.24) is 19.6 Å². The van der Waals surface area contributed by atoms with Gasteiger partial charge in [0.1, 0.15) is 17.3 Å². The van der Waals surface area contributed by atoms with Crippen LogP contribution in [0.3, 0.4) is 0 Å². The largest absolute Gasteiger partial charge is 0.475 e. The number of nitrogens with zero attached hydrogens (tertiary/aromatic N) is 5. The number of hydrogen-bond acceptors (Lipinski definition) is 6. The second kappa shape index (κ2) is 8.50. The summed E-state index contributed by atoms with van der Waals surface area (Å²) in [6.07, 6.45) is 2.71. The summed E-state index contributed by atoms with van der Waals surface area (Å²) >= 11 is 12.0. The number of nitro groups is 1. The summed E-state index contributed by atoms with van der Waals surface area (Å²) in [6, 6.07) is 6.38. The first-order chi connectivity index (χ1) is 13.8. The molecule has 0 aliphatic carbocycles. The molecule has 0 radical (unpaired) electrons. The summed E-state index contributed by atoms with van der Waals surface area (Å²) in [5.41, 5.74) is 0.619. The number of carbonyl (C=O) groups is 1. The van der Waals surface area contributed by atoms with Crippen LogP contribution in [0.25, 0.3) is 0 Å². The van der Waals surface area contributed by atoms with Gasteiger partial charge < -0.3 is 10.1 Å². The number of ether oxygens (including phenoxy) is 1. The Balaban J connectivity index is 1.72. The second-order valence-corrected chi connectivity index (χ2v) is 6.92. The molecule has 0 saturated heterocycles. The molecule has 152 valence electrons. The molecule has 0 aliphatic rings. The number of halogens is 2. The number of methoxy groups -OCH3 is 1. The van der Waals surface area contributed by atoms with Crippen LogP contribution in [0.4, 0.5) is 11.5 Å². The maximum absolute atomic E-state index is 12.5. The minimum Gasteiger partial charge on any atom is -0.475 e. The molecule has 0 fully saturated rings. The molecule has 3 aromatic rings. The number of carbonyl (C=O) groups excluding carboxylic acids is 1. The fourth-order valence-electron chi connectivity index (χ4n) is 2.52. The zero-order valence-electron chi connectivity index (χ0n) is 15.4. The molecule has 1 atom stereocenters. The molecule has 2 heterocycles. The van der Waals surface area contributed by atoms with E-state index in [9.17, 15) is 14.9 Å². The molecular weight excluding hydrogens is 423 g/mol. The van der Waals surface area contributed by atoms with Crippen LogP contribution in [0.1, 0.15) is 18.5 Å². The van der Waals surface area contributed by atoms with Crippen LogP contribution < -0.4 is 10.1 Å². The number of nitrogens with one attached hydrogen (secondary N) is 1. The van der Waals surface area contributed by atoms with Crippen LogP contribution in [0.5, 0.6) is 5.88 Å². The van der Waals surface area contributed by atoms with Crippen LogP contribution in [0.15, 0.2) is 36.7 Å². The molecule has 2 aromatic heterocycles. The van der Waals surface area contributed by atoms with E-state index >= 15 is 0 Å². The third-order valence-electron chi connectivity index (χ3n) is 4.06. The standard InChI is InChI=1S/C17H16Cl2N6O4/c1-10(24-9-14(25(27)28)17(22-24)29-2)16(26)20-15-13(19)8-23(21-15)7-11-3-5-12(18)6-4-11/h3-6,8-10H,7H2,1-2H3,(H,20,21,26). The first-order valence-corrected chi connectivity index (χ1v) is 9.10. The van der Waals surface area contributed by atoms with Crippen molar-refractivity contribution < 1.29 is 14.5 Å². The van der Waals surface area contributed by atoms with Gasteiger partial charge >= 0.3 is 11.6 Å². The summed E-state index contributed by atoms with van der Waals surface area (Å²) in [4.78, 5) is 22.9. The lowest BCUT2D eigenvalue weighted by Crippen LogP contribution is -2.24. The van der Waals surface area contributed by atoms with Gasteiger partial charge in [0.25, 0.3) is 0 Å². The van der Waals surface area contributed by atoms with Gasteiger partial charge in [-0.2, -0.15) is 5.10 Å². The van der Waals surface area contributed by atoms with Gasteiger partial charge in [-0.05, 0) is 24.6 Å². The molecule has 0 spiro atoms. The maximum Gasteiger partial charge on any atom is 0.350 e. The van der Waals surface area contributed by atoms with Crippen LogP contribution in [-0.4, -0.2) is 37.5 Å². The maximum atomic E-state index is 12.5. The van der Waals surface area contributed by atoms with Gasteiger partial charge in [-0.25, -0.2) is 4.68 Å². The molecule has 0 saturated carbocycles. The molecule has 29 heavy (non-hydrogen) atoms. The Morgan fingerprint density at radius 2 is 1.97 bits per heavy atom. The molecule has 1 amide bonds. The molecule has 0 aliphatic heterocycles. The predicted molar refractivity (Wildman–Crippen MR) is 107 cm³/mol. The average molecular weight is 439 g/mol. The SMILES string of the molecule is COc1nn(C(C)C(=O)Nc2nn(Cc3ccc(Cl)cc3)cc2Cl)cc1[N+](=O)[O-]. The molecule has 3 rings (SSSR count). The topological polar surface area (TPSA) is 117 Å². The number of amides is 1. The normalized spacial score (nSPS) is 11.9. The molecule has 1 unspecified atom stereocenters. The summed E-state index contributed by atoms with van der Waals surface area (Å²) in [5, 5.41) is 22.7. The van der Waals surface area contributed by atoms with Crippen molar-refractivity contribution in [3.05, 3.63) is 62.4 Å². The van der Waals surface area contributed by atoms with Crippen molar-refractivity contribution in [2.24, 2.45) is 0 Å². The molecule has 12 heteroatoms. The summed E-state index contributed by atoms with van der Waals surface area (Å²) in [5.74, 6) is -0.505. The minimum atomic E-state index is -0.866. The monoisotopic (exact) mass is 438 g/mol. The van der Waals surface area contributed by atoms with E-state index in [1.807, 2.05) is 12.1 Å². The predicted octanol–water partition coefficient (Wildman–Crippen LogP) is 3.55. The molecule has 1 aromatic carbocycles. The molecule has 1 N–H and O–H groups in total. The van der Waals surface area contributed by atoms with Crippen molar-refractivity contribution in [3.63, 3.8) is 0 Å². The lowest BCUT2D eigenvalue weighted by atomic mass is 10.2. The van der Waals surface area contributed by atoms with Gasteiger partial charge in [-0.15, -0.1) is 5.10 Å². The quantitative estimate of drug-likeness (QED) is 0.445. The average Bonchev–Trinajstić information content (AvgIpc) is 3.26. The highest BCUT2D eigenvalue weighted by Crippen LogP contribution is 2.27. The van der Waals surface area contributed by atoms with Crippen LogP contribution >= 0.6 is 23.2 Å². The third kappa shape index (κ3) is 4.66. The van der Waals surface area contributed by atoms with Gasteiger partial charge in [0.05, 0.1) is 18.6 Å². The molecule has 0 bridgehead atoms. The summed E-state index contributed by atoms with van der Waals surface area (Å²) < 4.78 is 7.59. The van der Waals surface area contributed by atoms with E-state index in [-0.39, 0.29) is 22.4 Å². The molecule has 10 nitrogen and oxygen atoms in total. The van der Waals surface area contributed by atoms with E-state index in [1.165, 1.54) is 14.0 Å². The Kier molecular flexibility index (Phi) is 6.04. The van der Waals surface area contributed by atoms with E-state index in [1.54, 1.807) is 23.0 Å². The van der Waals surface area contributed by atoms with Crippen molar-refractivity contribution in [2.75, 3.05) is 12.4 Å². The number of hydrogen-bond donors (Lipinski definition) is 1. The van der Waals surface area contributed by atoms with Crippen LogP contribution in [0, 0.1) is 10.1 Å². The Morgan fingerprint density at radius 1 is 1.28 bits per heavy atom. The zero-order valence-corrected chi connectivity index (χ0v) is 16.9. The number of rotatable bonds is 7. The fraction of sp³-hybridized carbons (Fsp3) is 0.235. The Morgan fingerprint density at radius 3 is 2.55 bits per heavy atom. The van der Waals surface area contributed by atoms with E-state index in [0.717, 1.165) is 16.4 Å². The van der Waals surface area contributed by atoms with Gasteiger partial charge in [-0.1, -0.05) is 35.3 Å². The van der Waals surface area contributed by atoms with Gasteiger partial charge in [0, 0.05) is 11.2 Å². The highest BCUT2D eigenvalue weighted by Gasteiger charge is 2.26. The Bertz CT molecular complexity index is 1050. The first-order valence-electron chi connectivity index (χ1n) is 8.34. The van der Waals surface area contributed by atoms with Gasteiger partial charge in [-0.3, -0.25) is 19.6 Å². The lowest BCUT2D eigenvalue weighted by molar-refractivity contribution is -0.385. The number of anilines is 1. The lowest BCUT2D eigenvalue weighted by Gasteiger charge is -2.11. The van der Waals surface area contributed by atoms with Crippen LogP contribution in [-0.2, 0) is 11.3 Å². The fourth-order valence-corrected chi connectivity index (χ4v) is 2.84. The highest BCUT2D eigenvalue weighted by molar-refractivity contribution is 6.33. The second-order valence-electron chi connectivity index (χ2n) is 6.08. The minimum absolute atomic E-state index is 0.172. The number of benzene rings is 1. The van der Waals surface area contributed by atoms with Crippen molar-refractivity contribution in [1.29, 1.82) is 0 Å². The number of aromatic nitrogens is 4. The molecular formula is C17H16Cl2N6O4. The van der Waals surface area contributed by atoms with E-state index in [2.05, 4.69) is 15.5 Å². The van der Waals surface area contributed by atoms with Crippen molar-refractivity contribution in [3.8, 4) is 5.88 Å². The Labute approximate surface area is 175 Å². The van der Waals surface area contributed by atoms with E-state index in [0.29, 0.717) is 11.6 Å². The van der Waals surface area contributed by atoms with Gasteiger partial charge in [0.2, 0.25) is 5.91 Å². The third-order valence-corrected chi connectivity index (χ3v) is 4.59. The smallest absolute Gasteiger partial charge is 0.350 e.